The third-order valence-electron chi connectivity index (χ3n) is 2.07. The Balaban J connectivity index is 2.30. The van der Waals surface area contributed by atoms with E-state index in [1.54, 1.807) is 0 Å². The van der Waals surface area contributed by atoms with Crippen LogP contribution in [0.2, 0.25) is 0 Å². The fourth-order valence-corrected chi connectivity index (χ4v) is 2.85. The molecule has 1 saturated heterocycles. The smallest absolute Gasteiger partial charge is 0.441 e. The second kappa shape index (κ2) is 6.41. The Morgan fingerprint density at radius 2 is 2.17 bits per heavy atom. The first-order valence-electron chi connectivity index (χ1n) is 4.87. The molecule has 1 aliphatic heterocycles. The average molecular weight is 304 g/mol. The molecule has 0 saturated carbocycles. The lowest BCUT2D eigenvalue weighted by molar-refractivity contribution is -0.140. The average Bonchev–Trinajstić information content (AvgIpc) is 2.71. The number of alkyl halides is 3. The maximum Gasteiger partial charge on any atom is 0.441 e. The Morgan fingerprint density at radius 3 is 2.72 bits per heavy atom. The highest BCUT2D eigenvalue weighted by Crippen LogP contribution is 2.29. The largest absolute Gasteiger partial charge is 0.480 e. The van der Waals surface area contributed by atoms with Crippen LogP contribution in [0.1, 0.15) is 0 Å². The van der Waals surface area contributed by atoms with Gasteiger partial charge in [-0.15, -0.1) is 11.8 Å². The first kappa shape index (κ1) is 15.3. The number of hydrogen-bond acceptors (Lipinski definition) is 4. The summed E-state index contributed by atoms with van der Waals surface area (Å²) in [7, 11) is 0. The van der Waals surface area contributed by atoms with Crippen molar-refractivity contribution in [2.24, 2.45) is 0 Å². The first-order chi connectivity index (χ1) is 8.31. The summed E-state index contributed by atoms with van der Waals surface area (Å²) >= 11 is 1.06. The van der Waals surface area contributed by atoms with Crippen LogP contribution in [0.4, 0.5) is 18.0 Å². The van der Waals surface area contributed by atoms with Crippen molar-refractivity contribution in [2.45, 2.75) is 11.6 Å². The number of nitrogens with one attached hydrogen (secondary N) is 1. The zero-order valence-electron chi connectivity index (χ0n) is 9.07. The molecule has 0 radical (unpaired) electrons. The highest BCUT2D eigenvalue weighted by molar-refractivity contribution is 8.00. The van der Waals surface area contributed by atoms with Crippen LogP contribution in [0.5, 0.6) is 0 Å². The van der Waals surface area contributed by atoms with Gasteiger partial charge >= 0.3 is 17.5 Å². The lowest BCUT2D eigenvalue weighted by Crippen LogP contribution is -2.47. The highest BCUT2D eigenvalue weighted by Gasteiger charge is 2.34. The minimum absolute atomic E-state index is 0.156. The fourth-order valence-electron chi connectivity index (χ4n) is 1.27. The van der Waals surface area contributed by atoms with Gasteiger partial charge in [-0.05, 0) is 11.8 Å². The van der Waals surface area contributed by atoms with Gasteiger partial charge in [0.1, 0.15) is 6.04 Å². The molecule has 1 atom stereocenters. The van der Waals surface area contributed by atoms with Crippen molar-refractivity contribution >= 4 is 35.5 Å². The molecule has 0 aromatic carbocycles. The molecule has 0 aliphatic carbocycles. The molecule has 2 N–H and O–H groups in total. The molecule has 1 aliphatic rings. The van der Waals surface area contributed by atoms with Crippen LogP contribution < -0.4 is 5.32 Å². The standard InChI is InChI=1S/C8H11F3N2O3S2/c9-8(10,11)18-2-1-12-7(16)13-4-17-3-5(13)6(14)15/h5H,1-4H2,(H,12,16)(H,14,15). The topological polar surface area (TPSA) is 69.6 Å². The van der Waals surface area contributed by atoms with E-state index < -0.39 is 23.6 Å². The van der Waals surface area contributed by atoms with E-state index in [0.717, 1.165) is 4.90 Å². The van der Waals surface area contributed by atoms with E-state index in [1.807, 2.05) is 0 Å². The molecule has 104 valence electrons. The summed E-state index contributed by atoms with van der Waals surface area (Å²) in [6.45, 7) is -0.156. The van der Waals surface area contributed by atoms with E-state index in [0.29, 0.717) is 5.75 Å². The number of halogens is 3. The SMILES string of the molecule is O=C(O)C1CSCN1C(=O)NCCSC(F)(F)F. The first-order valence-corrected chi connectivity index (χ1v) is 7.01. The minimum atomic E-state index is -4.32. The fraction of sp³-hybridized carbons (Fsp3) is 0.750. The van der Waals surface area contributed by atoms with Crippen LogP contribution >= 0.6 is 23.5 Å². The van der Waals surface area contributed by atoms with E-state index >= 15 is 0 Å². The van der Waals surface area contributed by atoms with Gasteiger partial charge in [-0.25, -0.2) is 9.59 Å². The number of carboxylic acids is 1. The monoisotopic (exact) mass is 304 g/mol. The number of thioether (sulfide) groups is 2. The predicted octanol–water partition coefficient (Wildman–Crippen LogP) is 1.41. The molecule has 1 fully saturated rings. The third kappa shape index (κ3) is 4.84. The molecule has 0 spiro atoms. The number of nitrogens with zero attached hydrogens (tertiary/aromatic N) is 1. The van der Waals surface area contributed by atoms with Crippen molar-refractivity contribution in [2.75, 3.05) is 23.9 Å². The number of aliphatic carboxylic acids is 1. The maximum absolute atomic E-state index is 11.8. The molecule has 1 heterocycles. The zero-order chi connectivity index (χ0) is 13.8. The lowest BCUT2D eigenvalue weighted by Gasteiger charge is -2.20. The summed E-state index contributed by atoms with van der Waals surface area (Å²) < 4.78 is 35.4. The molecule has 0 bridgehead atoms. The lowest BCUT2D eigenvalue weighted by atomic mass is 10.3. The number of carbonyl (C=O) groups excluding carboxylic acids is 1. The Labute approximate surface area is 109 Å². The zero-order valence-corrected chi connectivity index (χ0v) is 10.7. The van der Waals surface area contributed by atoms with E-state index in [9.17, 15) is 22.8 Å². The molecule has 0 aromatic heterocycles. The highest BCUT2D eigenvalue weighted by atomic mass is 32.2. The van der Waals surface area contributed by atoms with Crippen LogP contribution in [0.25, 0.3) is 0 Å². The maximum atomic E-state index is 11.8. The molecular formula is C8H11F3N2O3S2. The van der Waals surface area contributed by atoms with Gasteiger partial charge in [0.2, 0.25) is 0 Å². The Morgan fingerprint density at radius 1 is 1.50 bits per heavy atom. The van der Waals surface area contributed by atoms with Crippen LogP contribution in [-0.4, -0.2) is 57.5 Å². The molecule has 1 unspecified atom stereocenters. The van der Waals surface area contributed by atoms with Gasteiger partial charge < -0.3 is 15.3 Å². The number of urea groups is 1. The predicted molar refractivity (Wildman–Crippen MR) is 62.5 cm³/mol. The quantitative estimate of drug-likeness (QED) is 0.769. The Bertz CT molecular complexity index is 327. The minimum Gasteiger partial charge on any atom is -0.480 e. The molecular weight excluding hydrogens is 293 g/mol. The van der Waals surface area contributed by atoms with Crippen molar-refractivity contribution in [1.29, 1.82) is 0 Å². The summed E-state index contributed by atoms with van der Waals surface area (Å²) in [5, 5.41) is 11.1. The van der Waals surface area contributed by atoms with Gasteiger partial charge in [-0.3, -0.25) is 0 Å². The van der Waals surface area contributed by atoms with Crippen molar-refractivity contribution in [1.82, 2.24) is 10.2 Å². The van der Waals surface area contributed by atoms with E-state index in [2.05, 4.69) is 5.32 Å². The normalized spacial score (nSPS) is 19.9. The molecule has 1 rings (SSSR count). The van der Waals surface area contributed by atoms with Crippen LogP contribution in [0.3, 0.4) is 0 Å². The molecule has 5 nitrogen and oxygen atoms in total. The number of rotatable bonds is 4. The summed E-state index contributed by atoms with van der Waals surface area (Å²) in [5.41, 5.74) is -4.32. The second-order valence-electron chi connectivity index (χ2n) is 3.35. The van der Waals surface area contributed by atoms with Crippen LogP contribution in [0, 0.1) is 0 Å². The molecule has 10 heteroatoms. The summed E-state index contributed by atoms with van der Waals surface area (Å²) in [6, 6.07) is -1.56. The molecule has 18 heavy (non-hydrogen) atoms. The van der Waals surface area contributed by atoms with Gasteiger partial charge in [0.15, 0.2) is 0 Å². The van der Waals surface area contributed by atoms with Crippen molar-refractivity contribution in [3.63, 3.8) is 0 Å². The van der Waals surface area contributed by atoms with Crippen LogP contribution in [0.15, 0.2) is 0 Å². The van der Waals surface area contributed by atoms with Crippen LogP contribution in [-0.2, 0) is 4.79 Å². The molecule has 2 amide bonds. The van der Waals surface area contributed by atoms with Gasteiger partial charge in [0.05, 0.1) is 5.88 Å². The van der Waals surface area contributed by atoms with Crippen molar-refractivity contribution in [3.05, 3.63) is 0 Å². The number of hydrogen-bond donors (Lipinski definition) is 2. The van der Waals surface area contributed by atoms with Gasteiger partial charge in [-0.1, -0.05) is 0 Å². The van der Waals surface area contributed by atoms with E-state index in [1.165, 1.54) is 11.8 Å². The molecule has 0 aromatic rings. The number of carbonyl (C=O) groups is 2. The van der Waals surface area contributed by atoms with Crippen molar-refractivity contribution < 1.29 is 27.9 Å². The van der Waals surface area contributed by atoms with Gasteiger partial charge in [-0.2, -0.15) is 13.2 Å². The number of amides is 2. The summed E-state index contributed by atoms with van der Waals surface area (Å²) in [6.07, 6.45) is 0. The second-order valence-corrected chi connectivity index (χ2v) is 5.51. The van der Waals surface area contributed by atoms with Crippen molar-refractivity contribution in [3.8, 4) is 0 Å². The van der Waals surface area contributed by atoms with E-state index in [-0.39, 0.29) is 29.9 Å². The number of carboxylic acid groups (broad SMARTS) is 1. The summed E-state index contributed by atoms with van der Waals surface area (Å²) in [4.78, 5) is 23.4. The Kier molecular flexibility index (Phi) is 5.45. The Hall–Kier alpha value is -0.770. The third-order valence-corrected chi connectivity index (χ3v) is 3.82. The van der Waals surface area contributed by atoms with E-state index in [4.69, 9.17) is 5.11 Å². The van der Waals surface area contributed by atoms with Gasteiger partial charge in [0, 0.05) is 18.1 Å². The summed E-state index contributed by atoms with van der Waals surface area (Å²) in [5.74, 6) is -0.886. The van der Waals surface area contributed by atoms with Gasteiger partial charge in [0.25, 0.3) is 0 Å².